The van der Waals surface area contributed by atoms with Crippen LogP contribution >= 0.6 is 0 Å². The molecule has 0 N–H and O–H groups in total. The highest BCUT2D eigenvalue weighted by molar-refractivity contribution is 6.18. The molecule has 9 aromatic carbocycles. The molecule has 0 fully saturated rings. The van der Waals surface area contributed by atoms with Gasteiger partial charge in [-0.1, -0.05) is 166 Å². The molecule has 0 bridgehead atoms. The van der Waals surface area contributed by atoms with Crippen LogP contribution in [-0.2, 0) is 5.41 Å². The third-order valence-electron chi connectivity index (χ3n) is 12.1. The Morgan fingerprint density at radius 2 is 0.982 bits per heavy atom. The number of hydrogen-bond donors (Lipinski definition) is 0. The minimum atomic E-state index is -0.136. The first-order chi connectivity index (χ1) is 28.0. The zero-order chi connectivity index (χ0) is 38.1. The fraction of sp³-hybridized carbons (Fsp3) is 0.0545. The van der Waals surface area contributed by atoms with Gasteiger partial charge in [0, 0.05) is 27.7 Å². The molecule has 0 aliphatic heterocycles. The summed E-state index contributed by atoms with van der Waals surface area (Å²) in [5.41, 5.74) is 17.1. The van der Waals surface area contributed by atoms with Gasteiger partial charge in [0.2, 0.25) is 0 Å². The number of nitrogens with zero attached hydrogens (tertiary/aromatic N) is 1. The van der Waals surface area contributed by atoms with Gasteiger partial charge in [0.15, 0.2) is 0 Å². The first-order valence-electron chi connectivity index (χ1n) is 19.8. The second kappa shape index (κ2) is 13.0. The van der Waals surface area contributed by atoms with Gasteiger partial charge in [-0.15, -0.1) is 0 Å². The van der Waals surface area contributed by atoms with Crippen LogP contribution in [0.25, 0.3) is 77.2 Å². The van der Waals surface area contributed by atoms with E-state index in [1.54, 1.807) is 0 Å². The van der Waals surface area contributed by atoms with Crippen LogP contribution in [0, 0.1) is 0 Å². The van der Waals surface area contributed by atoms with Gasteiger partial charge in [0.1, 0.15) is 11.2 Å². The van der Waals surface area contributed by atoms with Crippen molar-refractivity contribution in [1.29, 1.82) is 0 Å². The van der Waals surface area contributed by atoms with Crippen molar-refractivity contribution < 1.29 is 4.42 Å². The van der Waals surface area contributed by atoms with E-state index in [9.17, 15) is 0 Å². The van der Waals surface area contributed by atoms with E-state index in [0.717, 1.165) is 50.1 Å². The van der Waals surface area contributed by atoms with Crippen molar-refractivity contribution in [1.82, 2.24) is 0 Å². The number of fused-ring (bicyclic) bond motifs is 7. The number of rotatable bonds is 6. The largest absolute Gasteiger partial charge is 0.455 e. The summed E-state index contributed by atoms with van der Waals surface area (Å²) in [4.78, 5) is 2.40. The average molecular weight is 730 g/mol. The van der Waals surface area contributed by atoms with Crippen molar-refractivity contribution in [2.24, 2.45) is 0 Å². The fourth-order valence-electron chi connectivity index (χ4n) is 9.22. The van der Waals surface area contributed by atoms with Gasteiger partial charge in [0.05, 0.1) is 11.1 Å². The van der Waals surface area contributed by atoms with E-state index in [4.69, 9.17) is 4.42 Å². The van der Waals surface area contributed by atoms with Gasteiger partial charge < -0.3 is 9.32 Å². The molecule has 0 unspecified atom stereocenters. The van der Waals surface area contributed by atoms with Crippen molar-refractivity contribution in [3.05, 3.63) is 211 Å². The van der Waals surface area contributed by atoms with E-state index in [1.165, 1.54) is 55.3 Å². The predicted octanol–water partition coefficient (Wildman–Crippen LogP) is 15.5. The Balaban J connectivity index is 1.16. The van der Waals surface area contributed by atoms with Crippen LogP contribution < -0.4 is 4.90 Å². The van der Waals surface area contributed by atoms with Gasteiger partial charge in [0.25, 0.3) is 0 Å². The van der Waals surface area contributed by atoms with E-state index in [2.05, 4.69) is 219 Å². The van der Waals surface area contributed by atoms with Gasteiger partial charge in [-0.3, -0.25) is 0 Å². The first kappa shape index (κ1) is 33.2. The van der Waals surface area contributed by atoms with Crippen LogP contribution in [0.4, 0.5) is 17.1 Å². The second-order valence-corrected chi connectivity index (χ2v) is 15.7. The minimum Gasteiger partial charge on any atom is -0.455 e. The number of anilines is 3. The van der Waals surface area contributed by atoms with Crippen molar-refractivity contribution in [2.75, 3.05) is 4.90 Å². The van der Waals surface area contributed by atoms with Gasteiger partial charge in [-0.25, -0.2) is 0 Å². The Kier molecular flexibility index (Phi) is 7.55. The summed E-state index contributed by atoms with van der Waals surface area (Å²) in [6, 6.07) is 72.5. The lowest BCUT2D eigenvalue weighted by atomic mass is 9.82. The van der Waals surface area contributed by atoms with Crippen LogP contribution in [-0.4, -0.2) is 0 Å². The molecule has 1 heterocycles. The lowest BCUT2D eigenvalue weighted by Gasteiger charge is -2.27. The molecular weight excluding hydrogens is 691 g/mol. The molecule has 270 valence electrons. The smallest absolute Gasteiger partial charge is 0.145 e. The Hall–Kier alpha value is -7.16. The molecule has 2 nitrogen and oxygen atoms in total. The SMILES string of the molecule is CC1(C)c2ccccc2-c2cc3c(cc21)oc1c(-c2ccccc2)ccc(N(c2ccc(-c4ccccc4)cc2)c2ccc(-c4cccc5ccccc45)cc2)c13. The number of furan rings is 1. The van der Waals surface area contributed by atoms with Crippen LogP contribution in [0.5, 0.6) is 0 Å². The van der Waals surface area contributed by atoms with E-state index in [1.807, 2.05) is 0 Å². The van der Waals surface area contributed by atoms with E-state index in [-0.39, 0.29) is 5.41 Å². The third kappa shape index (κ3) is 5.33. The van der Waals surface area contributed by atoms with Crippen LogP contribution in [0.2, 0.25) is 0 Å². The lowest BCUT2D eigenvalue weighted by Crippen LogP contribution is -2.14. The van der Waals surface area contributed by atoms with Gasteiger partial charge in [-0.2, -0.15) is 0 Å². The maximum Gasteiger partial charge on any atom is 0.145 e. The summed E-state index contributed by atoms with van der Waals surface area (Å²) in [5.74, 6) is 0. The zero-order valence-electron chi connectivity index (χ0n) is 31.9. The summed E-state index contributed by atoms with van der Waals surface area (Å²) in [7, 11) is 0. The van der Waals surface area contributed by atoms with Crippen LogP contribution in [0.15, 0.2) is 205 Å². The lowest BCUT2D eigenvalue weighted by molar-refractivity contribution is 0.648. The third-order valence-corrected chi connectivity index (χ3v) is 12.1. The molecule has 11 rings (SSSR count). The van der Waals surface area contributed by atoms with Crippen molar-refractivity contribution in [3.63, 3.8) is 0 Å². The summed E-state index contributed by atoms with van der Waals surface area (Å²) in [6.45, 7) is 4.66. The van der Waals surface area contributed by atoms with Gasteiger partial charge in [-0.05, 0) is 109 Å². The number of hydrogen-bond acceptors (Lipinski definition) is 2. The summed E-state index contributed by atoms with van der Waals surface area (Å²) >= 11 is 0. The molecule has 10 aromatic rings. The molecule has 0 spiro atoms. The second-order valence-electron chi connectivity index (χ2n) is 15.7. The highest BCUT2D eigenvalue weighted by Gasteiger charge is 2.36. The Morgan fingerprint density at radius 3 is 1.74 bits per heavy atom. The minimum absolute atomic E-state index is 0.136. The Labute approximate surface area is 332 Å². The first-order valence-corrected chi connectivity index (χ1v) is 19.8. The summed E-state index contributed by atoms with van der Waals surface area (Å²) in [5, 5.41) is 4.70. The molecule has 0 saturated heterocycles. The Morgan fingerprint density at radius 1 is 0.404 bits per heavy atom. The molecular formula is C55H39NO. The quantitative estimate of drug-likeness (QED) is 0.169. The molecule has 57 heavy (non-hydrogen) atoms. The molecule has 1 aliphatic carbocycles. The van der Waals surface area contributed by atoms with Crippen molar-refractivity contribution in [2.45, 2.75) is 19.3 Å². The highest BCUT2D eigenvalue weighted by atomic mass is 16.3. The van der Waals surface area contributed by atoms with Gasteiger partial charge >= 0.3 is 0 Å². The topological polar surface area (TPSA) is 16.4 Å². The average Bonchev–Trinajstić information content (AvgIpc) is 3.76. The van der Waals surface area contributed by atoms with Crippen LogP contribution in [0.1, 0.15) is 25.0 Å². The summed E-state index contributed by atoms with van der Waals surface area (Å²) in [6.07, 6.45) is 0. The molecule has 2 heteroatoms. The summed E-state index contributed by atoms with van der Waals surface area (Å²) < 4.78 is 7.09. The molecule has 0 amide bonds. The molecule has 0 radical (unpaired) electrons. The standard InChI is InChI=1S/C55H39NO/c1-55(2)49-23-12-11-21-46(49)47-34-48-52(35-50(47)55)57-54-45(39-16-7-4-8-17-39)32-33-51(53(48)54)56(41-28-24-37(25-29-41)36-14-5-3-6-15-36)42-30-26-40(27-31-42)44-22-13-19-38-18-9-10-20-43(38)44/h3-35H,1-2H3. The van der Waals surface area contributed by atoms with E-state index in [0.29, 0.717) is 0 Å². The molecule has 1 aromatic heterocycles. The molecule has 0 saturated carbocycles. The molecule has 1 aliphatic rings. The van der Waals surface area contributed by atoms with E-state index < -0.39 is 0 Å². The number of benzene rings is 9. The Bertz CT molecular complexity index is 3110. The van der Waals surface area contributed by atoms with Crippen molar-refractivity contribution >= 4 is 49.8 Å². The maximum absolute atomic E-state index is 7.09. The highest BCUT2D eigenvalue weighted by Crippen LogP contribution is 2.53. The fourth-order valence-corrected chi connectivity index (χ4v) is 9.22. The van der Waals surface area contributed by atoms with E-state index >= 15 is 0 Å². The van der Waals surface area contributed by atoms with Crippen molar-refractivity contribution in [3.8, 4) is 44.5 Å². The van der Waals surface area contributed by atoms with Crippen LogP contribution in [0.3, 0.4) is 0 Å². The maximum atomic E-state index is 7.09. The normalized spacial score (nSPS) is 12.9. The zero-order valence-corrected chi connectivity index (χ0v) is 31.9. The predicted molar refractivity (Wildman–Crippen MR) is 240 cm³/mol. The monoisotopic (exact) mass is 729 g/mol. The molecule has 0 atom stereocenters.